The van der Waals surface area contributed by atoms with Gasteiger partial charge in [-0.25, -0.2) is 0 Å². The van der Waals surface area contributed by atoms with Crippen molar-refractivity contribution in [2.45, 2.75) is 38.6 Å². The van der Waals surface area contributed by atoms with Gasteiger partial charge in [0.2, 0.25) is 5.95 Å². The first-order valence-corrected chi connectivity index (χ1v) is 9.27. The highest BCUT2D eigenvalue weighted by Crippen LogP contribution is 2.24. The van der Waals surface area contributed by atoms with E-state index in [1.807, 2.05) is 24.3 Å². The fourth-order valence-corrected chi connectivity index (χ4v) is 3.24. The van der Waals surface area contributed by atoms with Crippen LogP contribution >= 0.6 is 0 Å². The first-order valence-electron chi connectivity index (χ1n) is 9.27. The monoisotopic (exact) mass is 357 g/mol. The lowest BCUT2D eigenvalue weighted by Crippen LogP contribution is -2.39. The summed E-state index contributed by atoms with van der Waals surface area (Å²) in [6.45, 7) is 4.39. The van der Waals surface area contributed by atoms with Crippen molar-refractivity contribution in [1.82, 2.24) is 15.2 Å². The molecule has 140 valence electrons. The summed E-state index contributed by atoms with van der Waals surface area (Å²) in [6, 6.07) is 8.08. The molecule has 1 saturated heterocycles. The number of ether oxygens (including phenoxy) is 2. The van der Waals surface area contributed by atoms with Crippen LogP contribution in [0.1, 0.15) is 32.6 Å². The van der Waals surface area contributed by atoms with Crippen LogP contribution in [0.5, 0.6) is 11.5 Å². The van der Waals surface area contributed by atoms with Crippen molar-refractivity contribution in [3.05, 3.63) is 30.5 Å². The molecule has 3 rings (SSSR count). The zero-order valence-corrected chi connectivity index (χ0v) is 15.5. The quantitative estimate of drug-likeness (QED) is 0.728. The maximum atomic E-state index is 5.70. The van der Waals surface area contributed by atoms with Crippen molar-refractivity contribution in [2.75, 3.05) is 37.0 Å². The number of methoxy groups -OCH3 is 1. The van der Waals surface area contributed by atoms with Gasteiger partial charge in [-0.15, -0.1) is 5.10 Å². The molecule has 7 nitrogen and oxygen atoms in total. The fourth-order valence-electron chi connectivity index (χ4n) is 3.24. The van der Waals surface area contributed by atoms with Crippen LogP contribution in [-0.4, -0.2) is 48.0 Å². The third-order valence-electron chi connectivity index (χ3n) is 4.65. The lowest BCUT2D eigenvalue weighted by Gasteiger charge is -2.35. The Morgan fingerprint density at radius 3 is 2.77 bits per heavy atom. The van der Waals surface area contributed by atoms with Crippen LogP contribution in [-0.2, 0) is 0 Å². The minimum absolute atomic E-state index is 0.515. The van der Waals surface area contributed by atoms with Crippen LogP contribution in [0.25, 0.3) is 0 Å². The van der Waals surface area contributed by atoms with E-state index in [9.17, 15) is 0 Å². The molecule has 0 amide bonds. The second kappa shape index (κ2) is 9.22. The van der Waals surface area contributed by atoms with E-state index in [2.05, 4.69) is 32.3 Å². The van der Waals surface area contributed by atoms with Crippen molar-refractivity contribution in [3.63, 3.8) is 0 Å². The van der Waals surface area contributed by atoms with Crippen LogP contribution in [0.2, 0.25) is 0 Å². The molecule has 0 spiro atoms. The molecule has 1 aromatic carbocycles. The second-order valence-electron chi connectivity index (χ2n) is 6.34. The Morgan fingerprint density at radius 2 is 2.00 bits per heavy atom. The van der Waals surface area contributed by atoms with Crippen molar-refractivity contribution >= 4 is 11.8 Å². The Balaban J connectivity index is 1.50. The number of piperidine rings is 1. The number of hydrogen-bond donors (Lipinski definition) is 1. The molecule has 1 fully saturated rings. The molecule has 1 unspecified atom stereocenters. The van der Waals surface area contributed by atoms with E-state index in [1.165, 1.54) is 19.3 Å². The molecule has 1 N–H and O–H groups in total. The van der Waals surface area contributed by atoms with Gasteiger partial charge >= 0.3 is 0 Å². The molecular weight excluding hydrogens is 330 g/mol. The predicted octanol–water partition coefficient (Wildman–Crippen LogP) is 3.14. The minimum Gasteiger partial charge on any atom is -0.497 e. The number of nitrogens with one attached hydrogen (secondary N) is 1. The van der Waals surface area contributed by atoms with Gasteiger partial charge in [-0.05, 0) is 49.9 Å². The number of aromatic nitrogens is 3. The molecule has 7 heteroatoms. The summed E-state index contributed by atoms with van der Waals surface area (Å²) in [5.74, 6) is 3.07. The van der Waals surface area contributed by atoms with Crippen LogP contribution in [0.15, 0.2) is 30.5 Å². The minimum atomic E-state index is 0.515. The normalized spacial score (nSPS) is 17.0. The third kappa shape index (κ3) is 4.74. The molecule has 2 heterocycles. The molecule has 1 aliphatic heterocycles. The third-order valence-corrected chi connectivity index (χ3v) is 4.65. The van der Waals surface area contributed by atoms with Gasteiger partial charge in [0, 0.05) is 12.6 Å². The van der Waals surface area contributed by atoms with Gasteiger partial charge in [0.25, 0.3) is 0 Å². The summed E-state index contributed by atoms with van der Waals surface area (Å²) in [6.07, 6.45) is 6.61. The average Bonchev–Trinajstić information content (AvgIpc) is 2.72. The number of anilines is 2. The van der Waals surface area contributed by atoms with E-state index in [1.54, 1.807) is 13.3 Å². The van der Waals surface area contributed by atoms with Gasteiger partial charge in [0.1, 0.15) is 18.1 Å². The average molecular weight is 357 g/mol. The summed E-state index contributed by atoms with van der Waals surface area (Å²) in [5.41, 5.74) is 0. The molecule has 1 aliphatic rings. The van der Waals surface area contributed by atoms with E-state index in [4.69, 9.17) is 9.47 Å². The van der Waals surface area contributed by atoms with E-state index in [0.717, 1.165) is 30.3 Å². The van der Waals surface area contributed by atoms with Crippen LogP contribution in [0, 0.1) is 0 Å². The molecular formula is C19H27N5O2. The van der Waals surface area contributed by atoms with Crippen LogP contribution in [0.4, 0.5) is 11.8 Å². The predicted molar refractivity (Wildman–Crippen MR) is 102 cm³/mol. The Kier molecular flexibility index (Phi) is 6.46. The van der Waals surface area contributed by atoms with E-state index in [0.29, 0.717) is 25.1 Å². The van der Waals surface area contributed by atoms with Crippen LogP contribution < -0.4 is 19.7 Å². The number of benzene rings is 1. The lowest BCUT2D eigenvalue weighted by molar-refractivity contribution is 0.331. The number of nitrogens with zero attached hydrogens (tertiary/aromatic N) is 4. The summed E-state index contributed by atoms with van der Waals surface area (Å²) in [5, 5.41) is 11.4. The van der Waals surface area contributed by atoms with Crippen molar-refractivity contribution in [2.24, 2.45) is 0 Å². The highest BCUT2D eigenvalue weighted by atomic mass is 16.5. The van der Waals surface area contributed by atoms with Gasteiger partial charge in [-0.3, -0.25) is 0 Å². The molecule has 1 aromatic heterocycles. The standard InChI is InChI=1S/C19H27N5O2/c1-3-15-6-4-5-12-24(15)18-14-21-23-19(22-18)20-11-13-26-17-9-7-16(25-2)8-10-17/h7-10,14-15H,3-6,11-13H2,1-2H3,(H,20,22,23). The molecule has 26 heavy (non-hydrogen) atoms. The maximum absolute atomic E-state index is 5.70. The van der Waals surface area contributed by atoms with Gasteiger partial charge in [0.05, 0.1) is 19.9 Å². The topological polar surface area (TPSA) is 72.4 Å². The Bertz CT molecular complexity index is 680. The summed E-state index contributed by atoms with van der Waals surface area (Å²) < 4.78 is 10.8. The largest absolute Gasteiger partial charge is 0.497 e. The smallest absolute Gasteiger partial charge is 0.244 e. The first-order chi connectivity index (χ1) is 12.8. The van der Waals surface area contributed by atoms with Crippen molar-refractivity contribution in [1.29, 1.82) is 0 Å². The Hall–Kier alpha value is -2.57. The Labute approximate surface area is 154 Å². The summed E-state index contributed by atoms with van der Waals surface area (Å²) in [7, 11) is 1.65. The molecule has 0 saturated carbocycles. The molecule has 0 bridgehead atoms. The fraction of sp³-hybridized carbons (Fsp3) is 0.526. The summed E-state index contributed by atoms with van der Waals surface area (Å²) in [4.78, 5) is 6.99. The number of rotatable bonds is 8. The molecule has 0 aliphatic carbocycles. The van der Waals surface area contributed by atoms with Gasteiger partial charge < -0.3 is 19.7 Å². The summed E-state index contributed by atoms with van der Waals surface area (Å²) >= 11 is 0. The van der Waals surface area contributed by atoms with Gasteiger partial charge in [-0.2, -0.15) is 10.1 Å². The maximum Gasteiger partial charge on any atom is 0.244 e. The highest BCUT2D eigenvalue weighted by molar-refractivity contribution is 5.41. The van der Waals surface area contributed by atoms with E-state index in [-0.39, 0.29) is 0 Å². The van der Waals surface area contributed by atoms with Gasteiger partial charge in [-0.1, -0.05) is 6.92 Å². The first kappa shape index (κ1) is 18.2. The zero-order valence-electron chi connectivity index (χ0n) is 15.5. The van der Waals surface area contributed by atoms with Crippen molar-refractivity contribution in [3.8, 4) is 11.5 Å². The van der Waals surface area contributed by atoms with Gasteiger partial charge in [0.15, 0.2) is 5.82 Å². The number of hydrogen-bond acceptors (Lipinski definition) is 7. The SMILES string of the molecule is CCC1CCCCN1c1cnnc(NCCOc2ccc(OC)cc2)n1. The lowest BCUT2D eigenvalue weighted by atomic mass is 10.0. The van der Waals surface area contributed by atoms with E-state index >= 15 is 0 Å². The van der Waals surface area contributed by atoms with Crippen molar-refractivity contribution < 1.29 is 9.47 Å². The molecule has 0 radical (unpaired) electrons. The Morgan fingerprint density at radius 1 is 1.19 bits per heavy atom. The van der Waals surface area contributed by atoms with E-state index < -0.39 is 0 Å². The second-order valence-corrected chi connectivity index (χ2v) is 6.34. The zero-order chi connectivity index (χ0) is 18.2. The van der Waals surface area contributed by atoms with Crippen LogP contribution in [0.3, 0.4) is 0 Å². The molecule has 1 atom stereocenters. The highest BCUT2D eigenvalue weighted by Gasteiger charge is 2.22. The molecule has 2 aromatic rings.